The highest BCUT2D eigenvalue weighted by atomic mass is 35.5. The summed E-state index contributed by atoms with van der Waals surface area (Å²) in [6.45, 7) is 1.37. The van der Waals surface area contributed by atoms with Crippen LogP contribution in [0, 0.1) is 6.92 Å². The predicted molar refractivity (Wildman–Crippen MR) is 95.8 cm³/mol. The van der Waals surface area contributed by atoms with E-state index in [4.69, 9.17) is 16.1 Å². The van der Waals surface area contributed by atoms with Gasteiger partial charge in [-0.05, 0) is 0 Å². The van der Waals surface area contributed by atoms with E-state index in [0.717, 1.165) is 18.5 Å². The Morgan fingerprint density at radius 1 is 1.34 bits per heavy atom. The first-order chi connectivity index (χ1) is 13.2. The molecule has 2 rings (SSSR count). The number of carbonyl (C=O) groups is 1. The second-order valence-electron chi connectivity index (χ2n) is 6.77. The summed E-state index contributed by atoms with van der Waals surface area (Å²) in [6, 6.07) is 0.971. The number of hydrogen-bond acceptors (Lipinski definition) is 8. The lowest BCUT2D eigenvalue weighted by Gasteiger charge is -2.24. The summed E-state index contributed by atoms with van der Waals surface area (Å²) in [7, 11) is -3.55. The molecular formula is C16H17ClF3N3O5S. The Balaban J connectivity index is 2.32. The third-order valence-corrected chi connectivity index (χ3v) is 5.14. The molecular weight excluding hydrogens is 439 g/mol. The van der Waals surface area contributed by atoms with Crippen molar-refractivity contribution in [1.29, 1.82) is 0 Å². The standard InChI is InChI=1S/C16H17ClF3N3O5S/c1-9-22-14(23-28-9)15(2,8-29(3,25)26)5-12(24)11-4-13(10(17)6-21-11)27-7-16(18,19)20/h4,6H,5,7-8H2,1-3H3. The van der Waals surface area contributed by atoms with E-state index in [1.807, 2.05) is 0 Å². The molecule has 0 aliphatic carbocycles. The minimum Gasteiger partial charge on any atom is -0.482 e. The van der Waals surface area contributed by atoms with Gasteiger partial charge in [-0.1, -0.05) is 23.7 Å². The number of nitrogens with zero attached hydrogens (tertiary/aromatic N) is 3. The summed E-state index contributed by atoms with van der Waals surface area (Å²) in [5, 5.41) is 3.50. The van der Waals surface area contributed by atoms with Crippen molar-refractivity contribution in [3.8, 4) is 5.75 Å². The Hall–Kier alpha value is -2.21. The first-order valence-corrected chi connectivity index (χ1v) is 10.5. The zero-order chi connectivity index (χ0) is 22.0. The monoisotopic (exact) mass is 455 g/mol. The molecule has 0 radical (unpaired) electrons. The molecule has 0 aliphatic rings. The zero-order valence-corrected chi connectivity index (χ0v) is 17.2. The van der Waals surface area contributed by atoms with E-state index in [1.165, 1.54) is 13.8 Å². The normalized spacial score (nSPS) is 14.4. The van der Waals surface area contributed by atoms with Crippen LogP contribution in [0.4, 0.5) is 13.2 Å². The van der Waals surface area contributed by atoms with Gasteiger partial charge in [-0.25, -0.2) is 8.42 Å². The SMILES string of the molecule is Cc1nc(C(C)(CC(=O)c2cc(OCC(F)(F)F)c(Cl)cn2)CS(C)(=O)=O)no1. The van der Waals surface area contributed by atoms with Gasteiger partial charge in [0.1, 0.15) is 26.3 Å². The number of Topliss-reactive ketones (excluding diaryl/α,β-unsaturated/α-hetero) is 1. The van der Waals surface area contributed by atoms with Gasteiger partial charge < -0.3 is 9.26 Å². The van der Waals surface area contributed by atoms with E-state index in [1.54, 1.807) is 0 Å². The molecule has 0 spiro atoms. The molecule has 8 nitrogen and oxygen atoms in total. The van der Waals surface area contributed by atoms with Crippen molar-refractivity contribution >= 4 is 27.2 Å². The molecule has 0 bridgehead atoms. The van der Waals surface area contributed by atoms with Crippen molar-refractivity contribution < 1.29 is 35.6 Å². The van der Waals surface area contributed by atoms with Crippen molar-refractivity contribution in [1.82, 2.24) is 15.1 Å². The van der Waals surface area contributed by atoms with Crippen LogP contribution in [0.5, 0.6) is 5.75 Å². The number of aromatic nitrogens is 3. The number of halogens is 4. The van der Waals surface area contributed by atoms with E-state index in [-0.39, 0.29) is 28.2 Å². The molecule has 0 fully saturated rings. The predicted octanol–water partition coefficient (Wildman–Crippen LogP) is 2.94. The van der Waals surface area contributed by atoms with Gasteiger partial charge in [0.15, 0.2) is 18.2 Å². The van der Waals surface area contributed by atoms with Crippen LogP contribution in [-0.4, -0.2) is 54.1 Å². The molecule has 29 heavy (non-hydrogen) atoms. The Morgan fingerprint density at radius 3 is 2.52 bits per heavy atom. The molecule has 0 saturated heterocycles. The third-order valence-electron chi connectivity index (χ3n) is 3.70. The van der Waals surface area contributed by atoms with Crippen LogP contribution in [0.25, 0.3) is 0 Å². The summed E-state index contributed by atoms with van der Waals surface area (Å²) in [4.78, 5) is 20.5. The molecule has 0 aliphatic heterocycles. The number of hydrogen-bond donors (Lipinski definition) is 0. The van der Waals surface area contributed by atoms with E-state index in [2.05, 4.69) is 19.9 Å². The Morgan fingerprint density at radius 2 is 2.00 bits per heavy atom. The Bertz CT molecular complexity index is 1010. The molecule has 13 heteroatoms. The van der Waals surface area contributed by atoms with Crippen LogP contribution < -0.4 is 4.74 Å². The number of sulfone groups is 1. The van der Waals surface area contributed by atoms with Gasteiger partial charge in [0.2, 0.25) is 5.89 Å². The fourth-order valence-corrected chi connectivity index (χ4v) is 4.15. The molecule has 2 heterocycles. The van der Waals surface area contributed by atoms with Crippen LogP contribution >= 0.6 is 11.6 Å². The summed E-state index contributed by atoms with van der Waals surface area (Å²) < 4.78 is 70.3. The topological polar surface area (TPSA) is 112 Å². The van der Waals surface area contributed by atoms with Crippen molar-refractivity contribution in [3.05, 3.63) is 34.7 Å². The number of pyridine rings is 1. The van der Waals surface area contributed by atoms with Gasteiger partial charge in [0.05, 0.1) is 17.4 Å². The molecule has 2 aromatic rings. The van der Waals surface area contributed by atoms with Crippen LogP contribution in [0.3, 0.4) is 0 Å². The minimum absolute atomic E-state index is 0.0104. The highest BCUT2D eigenvalue weighted by molar-refractivity contribution is 7.90. The van der Waals surface area contributed by atoms with Gasteiger partial charge in [0.25, 0.3) is 0 Å². The lowest BCUT2D eigenvalue weighted by molar-refractivity contribution is -0.153. The third kappa shape index (κ3) is 6.67. The highest BCUT2D eigenvalue weighted by Crippen LogP contribution is 2.31. The maximum atomic E-state index is 12.7. The minimum atomic E-state index is -4.60. The van der Waals surface area contributed by atoms with E-state index in [0.29, 0.717) is 0 Å². The zero-order valence-electron chi connectivity index (χ0n) is 15.6. The van der Waals surface area contributed by atoms with Crippen LogP contribution in [-0.2, 0) is 15.3 Å². The molecule has 0 amide bonds. The maximum absolute atomic E-state index is 12.7. The molecule has 0 aromatic carbocycles. The number of ketones is 1. The van der Waals surface area contributed by atoms with Gasteiger partial charge in [-0.15, -0.1) is 0 Å². The quantitative estimate of drug-likeness (QED) is 0.558. The van der Waals surface area contributed by atoms with Crippen LogP contribution in [0.2, 0.25) is 5.02 Å². The summed E-state index contributed by atoms with van der Waals surface area (Å²) in [6.07, 6.45) is -3.02. The average Bonchev–Trinajstić information content (AvgIpc) is 2.98. The van der Waals surface area contributed by atoms with Crippen molar-refractivity contribution in [2.24, 2.45) is 0 Å². The molecule has 0 saturated carbocycles. The molecule has 160 valence electrons. The lowest BCUT2D eigenvalue weighted by atomic mass is 9.85. The van der Waals surface area contributed by atoms with Crippen LogP contribution in [0.15, 0.2) is 16.8 Å². The van der Waals surface area contributed by atoms with Crippen molar-refractivity contribution in [2.75, 3.05) is 18.6 Å². The van der Waals surface area contributed by atoms with E-state index >= 15 is 0 Å². The van der Waals surface area contributed by atoms with Crippen molar-refractivity contribution in [2.45, 2.75) is 31.9 Å². The van der Waals surface area contributed by atoms with Gasteiger partial charge in [0, 0.05) is 25.7 Å². The first-order valence-electron chi connectivity index (χ1n) is 8.05. The number of ether oxygens (including phenoxy) is 1. The largest absolute Gasteiger partial charge is 0.482 e. The second kappa shape index (κ2) is 8.27. The summed E-state index contributed by atoms with van der Waals surface area (Å²) in [5.41, 5.74) is -1.59. The van der Waals surface area contributed by atoms with Crippen molar-refractivity contribution in [3.63, 3.8) is 0 Å². The van der Waals surface area contributed by atoms with Gasteiger partial charge in [-0.3, -0.25) is 9.78 Å². The molecule has 2 aromatic heterocycles. The highest BCUT2D eigenvalue weighted by Gasteiger charge is 2.38. The molecule has 1 unspecified atom stereocenters. The fraction of sp³-hybridized carbons (Fsp3) is 0.500. The van der Waals surface area contributed by atoms with Crippen LogP contribution in [0.1, 0.15) is 35.5 Å². The Labute approximate surface area is 169 Å². The maximum Gasteiger partial charge on any atom is 0.422 e. The second-order valence-corrected chi connectivity index (χ2v) is 9.32. The van der Waals surface area contributed by atoms with Gasteiger partial charge in [-0.2, -0.15) is 18.2 Å². The number of carbonyl (C=O) groups excluding carboxylic acids is 1. The summed E-state index contributed by atoms with van der Waals surface area (Å²) in [5.74, 6) is -1.30. The smallest absolute Gasteiger partial charge is 0.422 e. The van der Waals surface area contributed by atoms with E-state index in [9.17, 15) is 26.4 Å². The lowest BCUT2D eigenvalue weighted by Crippen LogP contribution is -2.35. The number of rotatable bonds is 8. The number of aryl methyl sites for hydroxylation is 1. The fourth-order valence-electron chi connectivity index (χ4n) is 2.61. The molecule has 1 atom stereocenters. The number of alkyl halides is 3. The Kier molecular flexibility index (Phi) is 6.58. The van der Waals surface area contributed by atoms with Gasteiger partial charge >= 0.3 is 6.18 Å². The average molecular weight is 456 g/mol. The molecule has 0 N–H and O–H groups in total. The summed E-state index contributed by atoms with van der Waals surface area (Å²) >= 11 is 5.77. The first kappa shape index (κ1) is 23.1. The van der Waals surface area contributed by atoms with E-state index < -0.39 is 46.0 Å².